The second-order valence-corrected chi connectivity index (χ2v) is 6.15. The Kier molecular flexibility index (Phi) is 4.63. The summed E-state index contributed by atoms with van der Waals surface area (Å²) in [6.45, 7) is 3.81. The molecule has 1 aromatic rings. The molecule has 1 aromatic carbocycles. The molecule has 0 heterocycles. The van der Waals surface area contributed by atoms with Gasteiger partial charge >= 0.3 is 0 Å². The van der Waals surface area contributed by atoms with Gasteiger partial charge in [-0.15, -0.1) is 0 Å². The van der Waals surface area contributed by atoms with E-state index < -0.39 is 0 Å². The fourth-order valence-corrected chi connectivity index (χ4v) is 2.42. The van der Waals surface area contributed by atoms with Crippen LogP contribution in [-0.2, 0) is 4.79 Å². The van der Waals surface area contributed by atoms with E-state index >= 15 is 0 Å². The minimum Gasteiger partial charge on any atom is -0.350 e. The lowest BCUT2D eigenvalue weighted by molar-refractivity contribution is -0.118. The summed E-state index contributed by atoms with van der Waals surface area (Å²) in [7, 11) is 0. The van der Waals surface area contributed by atoms with Crippen LogP contribution < -0.4 is 16.4 Å². The molecule has 1 saturated carbocycles. The molecular weight excluding hydrogens is 266 g/mol. The first-order valence-corrected chi connectivity index (χ1v) is 7.38. The van der Waals surface area contributed by atoms with E-state index in [1.54, 1.807) is 24.3 Å². The quantitative estimate of drug-likeness (QED) is 0.775. The van der Waals surface area contributed by atoms with Gasteiger partial charge in [-0.05, 0) is 51.3 Å². The van der Waals surface area contributed by atoms with Crippen molar-refractivity contribution in [1.82, 2.24) is 5.32 Å². The Morgan fingerprint density at radius 3 is 2.62 bits per heavy atom. The fraction of sp³-hybridized carbons (Fsp3) is 0.500. The van der Waals surface area contributed by atoms with Gasteiger partial charge in [0, 0.05) is 29.3 Å². The molecule has 5 nitrogen and oxygen atoms in total. The molecule has 5 heteroatoms. The Morgan fingerprint density at radius 1 is 1.33 bits per heavy atom. The van der Waals surface area contributed by atoms with E-state index in [2.05, 4.69) is 10.6 Å². The lowest BCUT2D eigenvalue weighted by atomic mass is 9.75. The van der Waals surface area contributed by atoms with Gasteiger partial charge in [-0.3, -0.25) is 9.59 Å². The van der Waals surface area contributed by atoms with Gasteiger partial charge in [-0.25, -0.2) is 0 Å². The van der Waals surface area contributed by atoms with Crippen molar-refractivity contribution in [3.8, 4) is 0 Å². The lowest BCUT2D eigenvalue weighted by Gasteiger charge is -2.37. The van der Waals surface area contributed by atoms with Crippen LogP contribution in [0.1, 0.15) is 49.9 Å². The van der Waals surface area contributed by atoms with Crippen LogP contribution >= 0.6 is 0 Å². The predicted molar refractivity (Wildman–Crippen MR) is 83.1 cm³/mol. The van der Waals surface area contributed by atoms with E-state index in [0.29, 0.717) is 17.7 Å². The molecule has 0 unspecified atom stereocenters. The number of amides is 2. The molecule has 0 aromatic heterocycles. The number of nitrogens with two attached hydrogens (primary N) is 1. The van der Waals surface area contributed by atoms with Crippen molar-refractivity contribution in [1.29, 1.82) is 0 Å². The zero-order valence-electron chi connectivity index (χ0n) is 12.6. The minimum atomic E-state index is -0.337. The number of rotatable bonds is 5. The van der Waals surface area contributed by atoms with Crippen LogP contribution in [0.4, 0.5) is 5.69 Å². The van der Waals surface area contributed by atoms with Gasteiger partial charge in [0.1, 0.15) is 0 Å². The Hall–Kier alpha value is -1.88. The summed E-state index contributed by atoms with van der Waals surface area (Å²) in [6, 6.07) is 7.01. The highest BCUT2D eigenvalue weighted by Gasteiger charge is 2.34. The molecule has 1 fully saturated rings. The first kappa shape index (κ1) is 15.5. The number of nitrogens with one attached hydrogen (secondary N) is 2. The molecule has 1 aliphatic carbocycles. The van der Waals surface area contributed by atoms with E-state index in [9.17, 15) is 9.59 Å². The predicted octanol–water partition coefficient (Wildman–Crippen LogP) is 2.03. The Labute approximate surface area is 125 Å². The van der Waals surface area contributed by atoms with Gasteiger partial charge in [0.25, 0.3) is 5.91 Å². The Balaban J connectivity index is 1.97. The maximum Gasteiger partial charge on any atom is 0.251 e. The molecule has 4 N–H and O–H groups in total. The summed E-state index contributed by atoms with van der Waals surface area (Å²) in [6.07, 6.45) is 3.22. The second-order valence-electron chi connectivity index (χ2n) is 6.15. The number of benzene rings is 1. The minimum absolute atomic E-state index is 0.0754. The highest BCUT2D eigenvalue weighted by Crippen LogP contribution is 2.32. The van der Waals surface area contributed by atoms with Crippen LogP contribution in [0, 0.1) is 0 Å². The van der Waals surface area contributed by atoms with Crippen molar-refractivity contribution >= 4 is 17.5 Å². The molecule has 0 spiro atoms. The van der Waals surface area contributed by atoms with E-state index in [0.717, 1.165) is 19.3 Å². The first-order chi connectivity index (χ1) is 9.88. The molecule has 0 aliphatic heterocycles. The molecule has 1 aliphatic rings. The number of hydrogen-bond acceptors (Lipinski definition) is 3. The topological polar surface area (TPSA) is 84.2 Å². The highest BCUT2D eigenvalue weighted by atomic mass is 16.2. The van der Waals surface area contributed by atoms with Crippen molar-refractivity contribution in [2.45, 2.75) is 51.1 Å². The lowest BCUT2D eigenvalue weighted by Crippen LogP contribution is -2.48. The van der Waals surface area contributed by atoms with Crippen molar-refractivity contribution in [2.24, 2.45) is 5.73 Å². The number of carbonyl (C=O) groups excluding carboxylic acids is 2. The van der Waals surface area contributed by atoms with Crippen molar-refractivity contribution in [3.05, 3.63) is 29.8 Å². The molecule has 2 amide bonds. The van der Waals surface area contributed by atoms with Gasteiger partial charge in [0.15, 0.2) is 0 Å². The van der Waals surface area contributed by atoms with Crippen molar-refractivity contribution < 1.29 is 9.59 Å². The monoisotopic (exact) mass is 289 g/mol. The van der Waals surface area contributed by atoms with Crippen LogP contribution in [0.25, 0.3) is 0 Å². The fourth-order valence-electron chi connectivity index (χ4n) is 2.42. The molecule has 0 atom stereocenters. The first-order valence-electron chi connectivity index (χ1n) is 7.38. The maximum atomic E-state index is 12.0. The van der Waals surface area contributed by atoms with Crippen LogP contribution in [0.15, 0.2) is 24.3 Å². The molecule has 2 rings (SSSR count). The van der Waals surface area contributed by atoms with Crippen LogP contribution in [-0.4, -0.2) is 23.4 Å². The largest absolute Gasteiger partial charge is 0.350 e. The maximum absolute atomic E-state index is 12.0. The standard InChI is InChI=1S/C16H23N3O2/c1-11(2)18-15(21)12-5-3-6-13(9-12)19-14(20)10-16(17)7-4-8-16/h3,5-6,9,11H,4,7-8,10,17H2,1-2H3,(H,18,21)(H,19,20). The number of anilines is 1. The van der Waals surface area contributed by atoms with E-state index in [1.165, 1.54) is 0 Å². The van der Waals surface area contributed by atoms with Gasteiger partial charge in [0.05, 0.1) is 0 Å². The van der Waals surface area contributed by atoms with E-state index in [4.69, 9.17) is 5.73 Å². The van der Waals surface area contributed by atoms with Crippen LogP contribution in [0.2, 0.25) is 0 Å². The molecular formula is C16H23N3O2. The normalized spacial score (nSPS) is 16.2. The van der Waals surface area contributed by atoms with Gasteiger partial charge in [0.2, 0.25) is 5.91 Å². The molecule has 0 radical (unpaired) electrons. The molecule has 0 bridgehead atoms. The van der Waals surface area contributed by atoms with E-state index in [1.807, 2.05) is 13.8 Å². The van der Waals surface area contributed by atoms with Crippen molar-refractivity contribution in [2.75, 3.05) is 5.32 Å². The third kappa shape index (κ3) is 4.29. The van der Waals surface area contributed by atoms with E-state index in [-0.39, 0.29) is 23.4 Å². The number of carbonyl (C=O) groups is 2. The zero-order valence-corrected chi connectivity index (χ0v) is 12.6. The van der Waals surface area contributed by atoms with Crippen molar-refractivity contribution in [3.63, 3.8) is 0 Å². The smallest absolute Gasteiger partial charge is 0.251 e. The van der Waals surface area contributed by atoms with Gasteiger partial charge < -0.3 is 16.4 Å². The number of hydrogen-bond donors (Lipinski definition) is 3. The zero-order chi connectivity index (χ0) is 15.5. The summed E-state index contributed by atoms with van der Waals surface area (Å²) in [4.78, 5) is 23.9. The summed E-state index contributed by atoms with van der Waals surface area (Å²) < 4.78 is 0. The third-order valence-electron chi connectivity index (χ3n) is 3.69. The second kappa shape index (κ2) is 6.26. The van der Waals surface area contributed by atoms with Gasteiger partial charge in [-0.1, -0.05) is 6.07 Å². The summed E-state index contributed by atoms with van der Waals surface area (Å²) in [5.41, 5.74) is 6.89. The SMILES string of the molecule is CC(C)NC(=O)c1cccc(NC(=O)CC2(N)CCC2)c1. The highest BCUT2D eigenvalue weighted by molar-refractivity contribution is 5.97. The molecule has 21 heavy (non-hydrogen) atoms. The molecule has 0 saturated heterocycles. The summed E-state index contributed by atoms with van der Waals surface area (Å²) >= 11 is 0. The Morgan fingerprint density at radius 2 is 2.05 bits per heavy atom. The van der Waals surface area contributed by atoms with Crippen LogP contribution in [0.3, 0.4) is 0 Å². The van der Waals surface area contributed by atoms with Gasteiger partial charge in [-0.2, -0.15) is 0 Å². The summed E-state index contributed by atoms with van der Waals surface area (Å²) in [5, 5.41) is 5.64. The average molecular weight is 289 g/mol. The van der Waals surface area contributed by atoms with Crippen LogP contribution in [0.5, 0.6) is 0 Å². The Bertz CT molecular complexity index is 536. The molecule has 114 valence electrons. The summed E-state index contributed by atoms with van der Waals surface area (Å²) in [5.74, 6) is -0.242. The average Bonchev–Trinajstić information content (AvgIpc) is 2.36. The third-order valence-corrected chi connectivity index (χ3v) is 3.69.